The van der Waals surface area contributed by atoms with Crippen LogP contribution in [0.15, 0.2) is 36.8 Å². The summed E-state index contributed by atoms with van der Waals surface area (Å²) in [6, 6.07) is 0. The first-order valence-electron chi connectivity index (χ1n) is 6.12. The molecule has 94 valence electrons. The molecule has 2 nitrogen and oxygen atoms in total. The Morgan fingerprint density at radius 2 is 1.69 bits per heavy atom. The molecule has 0 N–H and O–H groups in total. The van der Waals surface area contributed by atoms with Gasteiger partial charge in [-0.1, -0.05) is 40.9 Å². The lowest BCUT2D eigenvalue weighted by molar-refractivity contribution is 0.226. The average molecular weight is 225 g/mol. The van der Waals surface area contributed by atoms with Gasteiger partial charge in [0.2, 0.25) is 0 Å². The minimum atomic E-state index is 0.767. The Hall–Kier alpha value is -1.18. The van der Waals surface area contributed by atoms with Crippen molar-refractivity contribution in [1.29, 1.82) is 0 Å². The fourth-order valence-electron chi connectivity index (χ4n) is 1.29. The van der Waals surface area contributed by atoms with Gasteiger partial charge in [-0.05, 0) is 18.6 Å². The van der Waals surface area contributed by atoms with E-state index in [9.17, 15) is 0 Å². The maximum Gasteiger partial charge on any atom is 0.141 e. The van der Waals surface area contributed by atoms with Gasteiger partial charge in [0.1, 0.15) is 5.76 Å². The van der Waals surface area contributed by atoms with Crippen molar-refractivity contribution in [3.63, 3.8) is 0 Å². The fraction of sp³-hybridized carbons (Fsp3) is 0.571. The molecule has 0 amide bonds. The Labute approximate surface area is 101 Å². The highest BCUT2D eigenvalue weighted by molar-refractivity contribution is 5.26. The van der Waals surface area contributed by atoms with Gasteiger partial charge in [0.05, 0.1) is 12.3 Å². The summed E-state index contributed by atoms with van der Waals surface area (Å²) in [5.41, 5.74) is 1.03. The molecule has 1 aliphatic rings. The summed E-state index contributed by atoms with van der Waals surface area (Å²) in [5, 5.41) is 0. The minimum Gasteiger partial charge on any atom is -0.491 e. The molecule has 0 saturated carbocycles. The molecular formula is C14H27NO. The molecule has 0 radical (unpaired) electrons. The third-order valence-corrected chi connectivity index (χ3v) is 1.94. The van der Waals surface area contributed by atoms with E-state index in [1.54, 1.807) is 6.08 Å². The second-order valence-electron chi connectivity index (χ2n) is 2.78. The molecule has 0 aromatic heterocycles. The molecule has 2 heteroatoms. The minimum absolute atomic E-state index is 0.767. The molecule has 0 saturated heterocycles. The van der Waals surface area contributed by atoms with Crippen molar-refractivity contribution >= 4 is 0 Å². The van der Waals surface area contributed by atoms with E-state index in [1.165, 1.54) is 0 Å². The van der Waals surface area contributed by atoms with Crippen LogP contribution in [0.4, 0.5) is 0 Å². The predicted octanol–water partition coefficient (Wildman–Crippen LogP) is 3.97. The molecule has 0 aromatic rings. The average Bonchev–Trinajstić information content (AvgIpc) is 2.55. The van der Waals surface area contributed by atoms with Crippen molar-refractivity contribution in [2.45, 2.75) is 34.1 Å². The van der Waals surface area contributed by atoms with Gasteiger partial charge >= 0.3 is 0 Å². The van der Waals surface area contributed by atoms with Crippen molar-refractivity contribution in [3.05, 3.63) is 36.8 Å². The van der Waals surface area contributed by atoms with Gasteiger partial charge in [0, 0.05) is 13.6 Å². The van der Waals surface area contributed by atoms with Crippen LogP contribution in [0.1, 0.15) is 34.1 Å². The lowest BCUT2D eigenvalue weighted by Crippen LogP contribution is -2.17. The van der Waals surface area contributed by atoms with E-state index in [1.807, 2.05) is 40.8 Å². The van der Waals surface area contributed by atoms with Crippen LogP contribution < -0.4 is 0 Å². The quantitative estimate of drug-likeness (QED) is 0.705. The van der Waals surface area contributed by atoms with Crippen molar-refractivity contribution in [2.75, 3.05) is 20.2 Å². The van der Waals surface area contributed by atoms with E-state index in [4.69, 9.17) is 4.74 Å². The summed E-state index contributed by atoms with van der Waals surface area (Å²) in [6.07, 6.45) is 4.59. The molecule has 1 rings (SSSR count). The number of likely N-dealkylation sites (N-methyl/N-ethyl adjacent to an activating group) is 1. The highest BCUT2D eigenvalue weighted by Gasteiger charge is 2.11. The molecule has 0 unspecified atom stereocenters. The standard InChI is InChI=1S/C10H15NO.2C2H6/c1-4-9-10(5-2)12-8-6-7-11(9)3;2*1-2/h4-5H,1-2,6-8H2,3H3;2*1-2H3. The van der Waals surface area contributed by atoms with Crippen molar-refractivity contribution in [2.24, 2.45) is 0 Å². The number of hydrogen-bond acceptors (Lipinski definition) is 2. The third-order valence-electron chi connectivity index (χ3n) is 1.94. The monoisotopic (exact) mass is 225 g/mol. The summed E-state index contributed by atoms with van der Waals surface area (Å²) in [4.78, 5) is 2.14. The summed E-state index contributed by atoms with van der Waals surface area (Å²) < 4.78 is 5.47. The first-order chi connectivity index (χ1) is 7.79. The maximum atomic E-state index is 5.47. The highest BCUT2D eigenvalue weighted by atomic mass is 16.5. The van der Waals surface area contributed by atoms with Crippen LogP contribution in [-0.4, -0.2) is 25.1 Å². The first kappa shape index (κ1) is 17.2. The van der Waals surface area contributed by atoms with Crippen LogP contribution in [-0.2, 0) is 4.74 Å². The maximum absolute atomic E-state index is 5.47. The molecule has 0 spiro atoms. The van der Waals surface area contributed by atoms with E-state index in [0.717, 1.165) is 31.0 Å². The van der Waals surface area contributed by atoms with Crippen LogP contribution in [0.5, 0.6) is 0 Å². The number of hydrogen-bond donors (Lipinski definition) is 0. The summed E-state index contributed by atoms with van der Waals surface area (Å²) in [6.45, 7) is 17.2. The molecule has 0 fully saturated rings. The van der Waals surface area contributed by atoms with E-state index < -0.39 is 0 Å². The number of allylic oxidation sites excluding steroid dienone is 2. The fourth-order valence-corrected chi connectivity index (χ4v) is 1.29. The summed E-state index contributed by atoms with van der Waals surface area (Å²) >= 11 is 0. The van der Waals surface area contributed by atoms with Crippen LogP contribution in [0.2, 0.25) is 0 Å². The molecular weight excluding hydrogens is 198 g/mol. The first-order valence-corrected chi connectivity index (χ1v) is 6.12. The van der Waals surface area contributed by atoms with Crippen molar-refractivity contribution in [1.82, 2.24) is 4.90 Å². The molecule has 0 aromatic carbocycles. The zero-order valence-electron chi connectivity index (χ0n) is 11.5. The smallest absolute Gasteiger partial charge is 0.141 e. The second-order valence-corrected chi connectivity index (χ2v) is 2.78. The van der Waals surface area contributed by atoms with Crippen LogP contribution in [0.25, 0.3) is 0 Å². The van der Waals surface area contributed by atoms with Crippen LogP contribution in [0.3, 0.4) is 0 Å². The Morgan fingerprint density at radius 3 is 2.12 bits per heavy atom. The lowest BCUT2D eigenvalue weighted by atomic mass is 10.3. The molecule has 1 aliphatic heterocycles. The van der Waals surface area contributed by atoms with Gasteiger partial charge in [0.25, 0.3) is 0 Å². The second kappa shape index (κ2) is 11.9. The van der Waals surface area contributed by atoms with E-state index in [2.05, 4.69) is 18.1 Å². The van der Waals surface area contributed by atoms with Crippen molar-refractivity contribution < 1.29 is 4.74 Å². The Bertz CT molecular complexity index is 219. The van der Waals surface area contributed by atoms with Gasteiger partial charge in [-0.25, -0.2) is 0 Å². The molecule has 1 heterocycles. The molecule has 16 heavy (non-hydrogen) atoms. The molecule has 0 atom stereocenters. The van der Waals surface area contributed by atoms with Gasteiger partial charge in [-0.3, -0.25) is 0 Å². The SMILES string of the molecule is C=CC1=C(C=C)N(C)CCCO1.CC.CC. The van der Waals surface area contributed by atoms with Gasteiger partial charge in [0.15, 0.2) is 0 Å². The van der Waals surface area contributed by atoms with Crippen LogP contribution in [0, 0.1) is 0 Å². The third kappa shape index (κ3) is 5.64. The number of nitrogens with zero attached hydrogens (tertiary/aromatic N) is 1. The molecule has 0 aliphatic carbocycles. The van der Waals surface area contributed by atoms with Gasteiger partial charge in [-0.2, -0.15) is 0 Å². The Morgan fingerprint density at radius 1 is 1.12 bits per heavy atom. The predicted molar refractivity (Wildman–Crippen MR) is 73.3 cm³/mol. The highest BCUT2D eigenvalue weighted by Crippen LogP contribution is 2.16. The summed E-state index contributed by atoms with van der Waals surface area (Å²) in [5.74, 6) is 0.838. The lowest BCUT2D eigenvalue weighted by Gasteiger charge is -2.17. The van der Waals surface area contributed by atoms with Gasteiger partial charge in [-0.15, -0.1) is 0 Å². The number of rotatable bonds is 2. The Kier molecular flexibility index (Phi) is 12.8. The van der Waals surface area contributed by atoms with E-state index in [-0.39, 0.29) is 0 Å². The zero-order valence-corrected chi connectivity index (χ0v) is 11.5. The molecule has 0 bridgehead atoms. The van der Waals surface area contributed by atoms with Gasteiger partial charge < -0.3 is 9.64 Å². The van der Waals surface area contributed by atoms with Crippen molar-refractivity contribution in [3.8, 4) is 0 Å². The normalized spacial score (nSPS) is 14.4. The number of ether oxygens (including phenoxy) is 1. The Balaban J connectivity index is 0. The topological polar surface area (TPSA) is 12.5 Å². The summed E-state index contributed by atoms with van der Waals surface area (Å²) in [7, 11) is 2.04. The van der Waals surface area contributed by atoms with E-state index >= 15 is 0 Å². The van der Waals surface area contributed by atoms with Crippen LogP contribution >= 0.6 is 0 Å². The van der Waals surface area contributed by atoms with E-state index in [0.29, 0.717) is 0 Å². The zero-order chi connectivity index (χ0) is 13.0. The largest absolute Gasteiger partial charge is 0.491 e.